The van der Waals surface area contributed by atoms with Gasteiger partial charge in [0.1, 0.15) is 0 Å². The van der Waals surface area contributed by atoms with Crippen LogP contribution in [0.4, 0.5) is 5.69 Å². The lowest BCUT2D eigenvalue weighted by Gasteiger charge is -2.26. The fourth-order valence-electron chi connectivity index (χ4n) is 1.79. The summed E-state index contributed by atoms with van der Waals surface area (Å²) in [5, 5.41) is 2.98. The number of rotatable bonds is 4. The van der Waals surface area contributed by atoms with E-state index in [1.54, 1.807) is 0 Å². The molecule has 1 aromatic carbocycles. The summed E-state index contributed by atoms with van der Waals surface area (Å²) in [6.45, 7) is 10.5. The van der Waals surface area contributed by atoms with E-state index >= 15 is 0 Å². The largest absolute Gasteiger partial charge is 0.326 e. The van der Waals surface area contributed by atoms with Crippen molar-refractivity contribution >= 4 is 11.6 Å². The Kier molecular flexibility index (Phi) is 5.12. The van der Waals surface area contributed by atoms with Crippen molar-refractivity contribution in [3.8, 4) is 0 Å². The van der Waals surface area contributed by atoms with Gasteiger partial charge in [0.15, 0.2) is 0 Å². The van der Waals surface area contributed by atoms with Gasteiger partial charge in [-0.2, -0.15) is 0 Å². The number of amides is 1. The quantitative estimate of drug-likeness (QED) is 0.869. The van der Waals surface area contributed by atoms with Crippen LogP contribution in [0.15, 0.2) is 24.3 Å². The average molecular weight is 262 g/mol. The Labute approximate surface area is 116 Å². The standard InChI is InChI=1S/C16H26N2O/c1-11(16(3,4)5)10-15(19)18-14-9-7-6-8-13(14)12(2)17/h6-9,11-12H,10,17H2,1-5H3,(H,18,19). The number of anilines is 1. The highest BCUT2D eigenvalue weighted by Gasteiger charge is 2.22. The SMILES string of the molecule is CC(N)c1ccccc1NC(=O)CC(C)C(C)(C)C. The monoisotopic (exact) mass is 262 g/mol. The number of hydrogen-bond acceptors (Lipinski definition) is 2. The van der Waals surface area contributed by atoms with Crippen LogP contribution < -0.4 is 11.1 Å². The highest BCUT2D eigenvalue weighted by atomic mass is 16.1. The molecule has 2 atom stereocenters. The lowest BCUT2D eigenvalue weighted by Crippen LogP contribution is -2.24. The molecule has 0 fully saturated rings. The molecule has 0 heterocycles. The minimum absolute atomic E-state index is 0.0514. The molecule has 2 unspecified atom stereocenters. The van der Waals surface area contributed by atoms with Crippen LogP contribution in [0.2, 0.25) is 0 Å². The summed E-state index contributed by atoms with van der Waals surface area (Å²) in [5.74, 6) is 0.380. The van der Waals surface area contributed by atoms with Crippen molar-refractivity contribution in [1.29, 1.82) is 0 Å². The molecule has 0 aliphatic carbocycles. The molecule has 1 aromatic rings. The summed E-state index contributed by atoms with van der Waals surface area (Å²) in [6.07, 6.45) is 0.525. The average Bonchev–Trinajstić information content (AvgIpc) is 2.27. The number of hydrogen-bond donors (Lipinski definition) is 2. The van der Waals surface area contributed by atoms with Crippen LogP contribution in [0.3, 0.4) is 0 Å². The Morgan fingerprint density at radius 2 is 1.84 bits per heavy atom. The maximum Gasteiger partial charge on any atom is 0.224 e. The predicted octanol–water partition coefficient (Wildman–Crippen LogP) is 3.72. The predicted molar refractivity (Wildman–Crippen MR) is 80.9 cm³/mol. The Balaban J connectivity index is 2.73. The van der Waals surface area contributed by atoms with Crippen LogP contribution in [-0.2, 0) is 4.79 Å². The van der Waals surface area contributed by atoms with Crippen molar-refractivity contribution < 1.29 is 4.79 Å². The highest BCUT2D eigenvalue weighted by molar-refractivity contribution is 5.91. The fourth-order valence-corrected chi connectivity index (χ4v) is 1.79. The van der Waals surface area contributed by atoms with Crippen LogP contribution in [0, 0.1) is 11.3 Å². The number of carbonyl (C=O) groups is 1. The number of para-hydroxylation sites is 1. The topological polar surface area (TPSA) is 55.1 Å². The molecule has 3 N–H and O–H groups in total. The third kappa shape index (κ3) is 4.67. The Bertz CT molecular complexity index is 433. The van der Waals surface area contributed by atoms with E-state index < -0.39 is 0 Å². The first-order chi connectivity index (χ1) is 8.71. The molecule has 0 aliphatic heterocycles. The van der Waals surface area contributed by atoms with Gasteiger partial charge in [0.2, 0.25) is 5.91 Å². The second-order valence-electron chi connectivity index (χ2n) is 6.40. The van der Waals surface area contributed by atoms with Gasteiger partial charge in [-0.3, -0.25) is 4.79 Å². The molecule has 19 heavy (non-hydrogen) atoms. The Morgan fingerprint density at radius 3 is 2.37 bits per heavy atom. The van der Waals surface area contributed by atoms with Crippen LogP contribution in [0.25, 0.3) is 0 Å². The number of benzene rings is 1. The molecule has 0 radical (unpaired) electrons. The zero-order chi connectivity index (χ0) is 14.6. The van der Waals surface area contributed by atoms with Crippen LogP contribution in [0.5, 0.6) is 0 Å². The lowest BCUT2D eigenvalue weighted by atomic mass is 9.80. The summed E-state index contributed by atoms with van der Waals surface area (Å²) in [5.41, 5.74) is 7.84. The van der Waals surface area contributed by atoms with Gasteiger partial charge in [0.05, 0.1) is 0 Å². The first-order valence-electron chi connectivity index (χ1n) is 6.86. The smallest absolute Gasteiger partial charge is 0.224 e. The fraction of sp³-hybridized carbons (Fsp3) is 0.562. The van der Waals surface area contributed by atoms with Crippen LogP contribution in [-0.4, -0.2) is 5.91 Å². The van der Waals surface area contributed by atoms with E-state index in [1.807, 2.05) is 31.2 Å². The summed E-state index contributed by atoms with van der Waals surface area (Å²) >= 11 is 0. The maximum atomic E-state index is 12.1. The van der Waals surface area contributed by atoms with Crippen LogP contribution in [0.1, 0.15) is 52.6 Å². The van der Waals surface area contributed by atoms with Gasteiger partial charge in [0, 0.05) is 18.2 Å². The Morgan fingerprint density at radius 1 is 1.26 bits per heavy atom. The molecule has 0 saturated carbocycles. The van der Waals surface area contributed by atoms with Gasteiger partial charge in [-0.1, -0.05) is 45.9 Å². The number of carbonyl (C=O) groups excluding carboxylic acids is 1. The first kappa shape index (κ1) is 15.7. The summed E-state index contributed by atoms with van der Waals surface area (Å²) in [6, 6.07) is 7.61. The molecule has 1 amide bonds. The third-order valence-electron chi connectivity index (χ3n) is 3.70. The molecular weight excluding hydrogens is 236 g/mol. The molecule has 0 aliphatic rings. The summed E-state index contributed by atoms with van der Waals surface area (Å²) in [4.78, 5) is 12.1. The number of nitrogens with one attached hydrogen (secondary N) is 1. The molecule has 0 spiro atoms. The Hall–Kier alpha value is -1.35. The van der Waals surface area contributed by atoms with E-state index in [-0.39, 0.29) is 17.4 Å². The van der Waals surface area contributed by atoms with Crippen molar-refractivity contribution in [2.45, 2.75) is 47.1 Å². The molecular formula is C16H26N2O. The van der Waals surface area contributed by atoms with Crippen molar-refractivity contribution in [3.05, 3.63) is 29.8 Å². The zero-order valence-corrected chi connectivity index (χ0v) is 12.7. The minimum atomic E-state index is -0.0865. The van der Waals surface area contributed by atoms with Crippen molar-refractivity contribution in [2.75, 3.05) is 5.32 Å². The van der Waals surface area contributed by atoms with E-state index in [9.17, 15) is 4.79 Å². The maximum absolute atomic E-state index is 12.1. The molecule has 0 saturated heterocycles. The second-order valence-corrected chi connectivity index (χ2v) is 6.40. The molecule has 0 aromatic heterocycles. The number of nitrogens with two attached hydrogens (primary N) is 1. The van der Waals surface area contributed by atoms with E-state index in [2.05, 4.69) is 33.0 Å². The van der Waals surface area contributed by atoms with Crippen molar-refractivity contribution in [2.24, 2.45) is 17.1 Å². The highest BCUT2D eigenvalue weighted by Crippen LogP contribution is 2.29. The first-order valence-corrected chi connectivity index (χ1v) is 6.86. The van der Waals surface area contributed by atoms with Crippen molar-refractivity contribution in [3.63, 3.8) is 0 Å². The molecule has 3 nitrogen and oxygen atoms in total. The normalized spacial score (nSPS) is 14.8. The van der Waals surface area contributed by atoms with Gasteiger partial charge < -0.3 is 11.1 Å². The second kappa shape index (κ2) is 6.20. The van der Waals surface area contributed by atoms with Gasteiger partial charge >= 0.3 is 0 Å². The van der Waals surface area contributed by atoms with E-state index in [0.29, 0.717) is 12.3 Å². The molecule has 3 heteroatoms. The molecule has 0 bridgehead atoms. The van der Waals surface area contributed by atoms with E-state index in [4.69, 9.17) is 5.73 Å². The van der Waals surface area contributed by atoms with Gasteiger partial charge in [-0.25, -0.2) is 0 Å². The third-order valence-corrected chi connectivity index (χ3v) is 3.70. The lowest BCUT2D eigenvalue weighted by molar-refractivity contribution is -0.117. The molecule has 1 rings (SSSR count). The van der Waals surface area contributed by atoms with Gasteiger partial charge in [-0.15, -0.1) is 0 Å². The van der Waals surface area contributed by atoms with E-state index in [0.717, 1.165) is 11.3 Å². The van der Waals surface area contributed by atoms with Gasteiger partial charge in [0.25, 0.3) is 0 Å². The molecule has 106 valence electrons. The summed E-state index contributed by atoms with van der Waals surface area (Å²) in [7, 11) is 0. The van der Waals surface area contributed by atoms with Crippen LogP contribution >= 0.6 is 0 Å². The van der Waals surface area contributed by atoms with E-state index in [1.165, 1.54) is 0 Å². The minimum Gasteiger partial charge on any atom is -0.326 e. The summed E-state index contributed by atoms with van der Waals surface area (Å²) < 4.78 is 0. The zero-order valence-electron chi connectivity index (χ0n) is 12.7. The van der Waals surface area contributed by atoms with Crippen molar-refractivity contribution in [1.82, 2.24) is 0 Å². The van der Waals surface area contributed by atoms with Gasteiger partial charge in [-0.05, 0) is 29.9 Å².